The molecule has 0 aromatic heterocycles. The molecule has 0 radical (unpaired) electrons. The van der Waals surface area contributed by atoms with E-state index in [1.807, 2.05) is 0 Å². The molecule has 0 amide bonds. The Morgan fingerprint density at radius 3 is 2.48 bits per heavy atom. The molecule has 1 saturated heterocycles. The predicted molar refractivity (Wildman–Crippen MR) is 85.3 cm³/mol. The zero-order valence-corrected chi connectivity index (χ0v) is 12.8. The predicted octanol–water partition coefficient (Wildman–Crippen LogP) is -0.0600. The minimum absolute atomic E-state index is 0.0103. The maximum Gasteiger partial charge on any atom is 0.138 e. The number of nitrogens with zero attached hydrogens (tertiary/aromatic N) is 1. The van der Waals surface area contributed by atoms with Crippen molar-refractivity contribution in [2.75, 3.05) is 6.61 Å². The van der Waals surface area contributed by atoms with E-state index < -0.39 is 54.6 Å². The first-order chi connectivity index (χ1) is 13.1. The molecule has 1 aliphatic heterocycles. The van der Waals surface area contributed by atoms with Crippen LogP contribution in [0, 0.1) is 0 Å². The largest absolute Gasteiger partial charge is 0.410 e. The van der Waals surface area contributed by atoms with Crippen molar-refractivity contribution >= 4 is 16.8 Å². The van der Waals surface area contributed by atoms with Crippen LogP contribution >= 0.6 is 11.8 Å². The standard InChI is InChI=1S/C15H21NO6S/c17-8-10-12(18)13(19)14(20)15(22-10)23-11(16-21)7-6-9-4-2-1-3-5-9/h1-5,10,12-15,17-21H,6-8H2/b16-11+/t10-,12-,13+,14-,15+/m1/s1/i1D,2D,3D,4D,5D. The van der Waals surface area contributed by atoms with Crippen LogP contribution in [0.4, 0.5) is 0 Å². The lowest BCUT2D eigenvalue weighted by Crippen LogP contribution is -2.57. The molecule has 0 unspecified atom stereocenters. The van der Waals surface area contributed by atoms with Crippen LogP contribution in [0.3, 0.4) is 0 Å². The van der Waals surface area contributed by atoms with Gasteiger partial charge in [0.05, 0.1) is 13.5 Å². The first-order valence-electron chi connectivity index (χ1n) is 9.37. The topological polar surface area (TPSA) is 123 Å². The van der Waals surface area contributed by atoms with Crippen molar-refractivity contribution in [2.24, 2.45) is 5.16 Å². The summed E-state index contributed by atoms with van der Waals surface area (Å²) in [5, 5.41) is 51.1. The average molecular weight is 348 g/mol. The number of hydrogen-bond donors (Lipinski definition) is 5. The lowest BCUT2D eigenvalue weighted by atomic mass is 10.0. The number of thioether (sulfide) groups is 1. The van der Waals surface area contributed by atoms with E-state index in [0.29, 0.717) is 0 Å². The highest BCUT2D eigenvalue weighted by Crippen LogP contribution is 2.30. The highest BCUT2D eigenvalue weighted by molar-refractivity contribution is 8.14. The number of ether oxygens (including phenoxy) is 1. The third kappa shape index (κ3) is 4.66. The van der Waals surface area contributed by atoms with Gasteiger partial charge >= 0.3 is 0 Å². The van der Waals surface area contributed by atoms with Gasteiger partial charge in [0.1, 0.15) is 34.9 Å². The Balaban J connectivity index is 2.12. The molecule has 128 valence electrons. The van der Waals surface area contributed by atoms with E-state index >= 15 is 0 Å². The monoisotopic (exact) mass is 348 g/mol. The summed E-state index contributed by atoms with van der Waals surface area (Å²) in [6.45, 7) is -0.601. The molecule has 2 rings (SSSR count). The Bertz CT molecular complexity index is 723. The van der Waals surface area contributed by atoms with E-state index in [1.165, 1.54) is 0 Å². The summed E-state index contributed by atoms with van der Waals surface area (Å²) in [4.78, 5) is 0. The Hall–Kier alpha value is -1.16. The van der Waals surface area contributed by atoms with E-state index in [0.717, 1.165) is 11.8 Å². The first kappa shape index (κ1) is 12.2. The van der Waals surface area contributed by atoms with Crippen molar-refractivity contribution in [3.05, 3.63) is 35.8 Å². The molecule has 0 saturated carbocycles. The van der Waals surface area contributed by atoms with Crippen molar-refractivity contribution in [1.82, 2.24) is 0 Å². The molecule has 23 heavy (non-hydrogen) atoms. The number of oxime groups is 1. The van der Waals surface area contributed by atoms with E-state index in [4.69, 9.17) is 11.6 Å². The van der Waals surface area contributed by atoms with Crippen LogP contribution in [0.15, 0.2) is 35.4 Å². The van der Waals surface area contributed by atoms with Gasteiger partial charge in [-0.05, 0) is 12.0 Å². The Kier molecular flexibility index (Phi) is 4.59. The van der Waals surface area contributed by atoms with Crippen molar-refractivity contribution < 1.29 is 37.2 Å². The van der Waals surface area contributed by atoms with Crippen LogP contribution in [0.5, 0.6) is 0 Å². The molecular weight excluding hydrogens is 322 g/mol. The molecular formula is C15H21NO6S. The van der Waals surface area contributed by atoms with Gasteiger partial charge in [-0.25, -0.2) is 0 Å². The molecule has 7 nitrogen and oxygen atoms in total. The number of aliphatic hydroxyl groups is 4. The second-order valence-corrected chi connectivity index (χ2v) is 6.08. The molecule has 1 aromatic carbocycles. The van der Waals surface area contributed by atoms with Crippen molar-refractivity contribution in [1.29, 1.82) is 0 Å². The third-order valence-corrected chi connectivity index (χ3v) is 4.53. The molecule has 1 fully saturated rings. The molecule has 1 aromatic rings. The minimum atomic E-state index is -1.58. The second-order valence-electron chi connectivity index (χ2n) is 4.91. The van der Waals surface area contributed by atoms with Gasteiger partial charge < -0.3 is 30.4 Å². The SMILES string of the molecule is [2H]c1c([2H])c([2H])c(CC/C(=N\O)S[C@@H]2O[C@H](CO)[C@@H](O)[C@H](O)[C@H]2O)c([2H])c1[2H]. The molecule has 0 spiro atoms. The van der Waals surface area contributed by atoms with Gasteiger partial charge in [0.2, 0.25) is 0 Å². The van der Waals surface area contributed by atoms with E-state index in [-0.39, 0.29) is 35.5 Å². The van der Waals surface area contributed by atoms with Crippen molar-refractivity contribution in [2.45, 2.75) is 42.7 Å². The lowest BCUT2D eigenvalue weighted by Gasteiger charge is -2.39. The molecule has 5 atom stereocenters. The minimum Gasteiger partial charge on any atom is -0.410 e. The van der Waals surface area contributed by atoms with Crippen molar-refractivity contribution in [3.63, 3.8) is 0 Å². The number of rotatable bonds is 5. The van der Waals surface area contributed by atoms with Gasteiger partial charge in [0.25, 0.3) is 0 Å². The highest BCUT2D eigenvalue weighted by Gasteiger charge is 2.44. The molecule has 5 N–H and O–H groups in total. The highest BCUT2D eigenvalue weighted by atomic mass is 32.2. The van der Waals surface area contributed by atoms with Crippen LogP contribution in [0.1, 0.15) is 18.8 Å². The van der Waals surface area contributed by atoms with Crippen LogP contribution in [-0.4, -0.2) is 67.1 Å². The number of aliphatic hydroxyl groups excluding tert-OH is 4. The normalized spacial score (nSPS) is 35.0. The van der Waals surface area contributed by atoms with Gasteiger partial charge in [0, 0.05) is 6.42 Å². The Labute approximate surface area is 145 Å². The molecule has 1 heterocycles. The fraction of sp³-hybridized carbons (Fsp3) is 0.533. The molecule has 1 aliphatic rings. The molecule has 8 heteroatoms. The summed E-state index contributed by atoms with van der Waals surface area (Å²) < 4.78 is 44.0. The smallest absolute Gasteiger partial charge is 0.138 e. The van der Waals surface area contributed by atoms with Gasteiger partial charge in [-0.3, -0.25) is 0 Å². The van der Waals surface area contributed by atoms with Gasteiger partial charge in [-0.2, -0.15) is 0 Å². The Morgan fingerprint density at radius 1 is 1.17 bits per heavy atom. The quantitative estimate of drug-likeness (QED) is 0.219. The van der Waals surface area contributed by atoms with Crippen LogP contribution < -0.4 is 0 Å². The Morgan fingerprint density at radius 2 is 1.87 bits per heavy atom. The van der Waals surface area contributed by atoms with Crippen LogP contribution in [0.2, 0.25) is 0 Å². The number of hydrogen-bond acceptors (Lipinski definition) is 8. The molecule has 0 bridgehead atoms. The summed E-state index contributed by atoms with van der Waals surface area (Å²) in [5.74, 6) is 0. The zero-order chi connectivity index (χ0) is 21.2. The zero-order valence-electron chi connectivity index (χ0n) is 17.0. The molecule has 0 aliphatic carbocycles. The maximum atomic E-state index is 10.0. The fourth-order valence-electron chi connectivity index (χ4n) is 2.06. The van der Waals surface area contributed by atoms with Crippen LogP contribution in [-0.2, 0) is 11.2 Å². The average Bonchev–Trinajstić information content (AvgIpc) is 2.69. The van der Waals surface area contributed by atoms with Crippen LogP contribution in [0.25, 0.3) is 0 Å². The van der Waals surface area contributed by atoms with E-state index in [2.05, 4.69) is 5.16 Å². The fourth-order valence-corrected chi connectivity index (χ4v) is 3.10. The second kappa shape index (κ2) is 8.62. The van der Waals surface area contributed by atoms with Crippen molar-refractivity contribution in [3.8, 4) is 0 Å². The first-order valence-corrected chi connectivity index (χ1v) is 7.75. The summed E-state index contributed by atoms with van der Waals surface area (Å²) in [6, 6.07) is -2.17. The number of benzene rings is 1. The van der Waals surface area contributed by atoms with Gasteiger partial charge in [0.15, 0.2) is 0 Å². The summed E-state index contributed by atoms with van der Waals surface area (Å²) >= 11 is 0.733. The van der Waals surface area contributed by atoms with Gasteiger partial charge in [-0.15, -0.1) is 0 Å². The summed E-state index contributed by atoms with van der Waals surface area (Å²) in [7, 11) is 0. The van der Waals surface area contributed by atoms with E-state index in [1.54, 1.807) is 0 Å². The summed E-state index contributed by atoms with van der Waals surface area (Å²) in [6.07, 6.45) is -5.82. The van der Waals surface area contributed by atoms with E-state index in [9.17, 15) is 25.6 Å². The van der Waals surface area contributed by atoms with Gasteiger partial charge in [-0.1, -0.05) is 47.1 Å². The summed E-state index contributed by atoms with van der Waals surface area (Å²) in [5.41, 5.74) is -1.11. The third-order valence-electron chi connectivity index (χ3n) is 3.35. The maximum absolute atomic E-state index is 10.0. The lowest BCUT2D eigenvalue weighted by molar-refractivity contribution is -0.205.